The number of furan rings is 1. The first-order chi connectivity index (χ1) is 11.6. The van der Waals surface area contributed by atoms with Crippen LogP contribution in [-0.2, 0) is 4.79 Å². The van der Waals surface area contributed by atoms with E-state index in [0.717, 1.165) is 32.1 Å². The molecule has 7 heteroatoms. The lowest BCUT2D eigenvalue weighted by Crippen LogP contribution is -2.48. The van der Waals surface area contributed by atoms with E-state index in [1.807, 2.05) is 4.90 Å². The summed E-state index contributed by atoms with van der Waals surface area (Å²) in [7, 11) is 0. The van der Waals surface area contributed by atoms with Crippen molar-refractivity contribution in [3.63, 3.8) is 0 Å². The van der Waals surface area contributed by atoms with Gasteiger partial charge in [-0.2, -0.15) is 0 Å². The molecule has 1 saturated heterocycles. The molecule has 0 radical (unpaired) electrons. The summed E-state index contributed by atoms with van der Waals surface area (Å²) in [5.74, 6) is 1.26. The van der Waals surface area contributed by atoms with E-state index in [2.05, 4.69) is 5.32 Å². The summed E-state index contributed by atoms with van der Waals surface area (Å²) in [6.07, 6.45) is 6.28. The highest BCUT2D eigenvalue weighted by Gasteiger charge is 2.36. The summed E-state index contributed by atoms with van der Waals surface area (Å²) in [5, 5.41) is 3.05. The summed E-state index contributed by atoms with van der Waals surface area (Å²) in [6, 6.07) is 1.81. The van der Waals surface area contributed by atoms with Crippen molar-refractivity contribution in [1.29, 1.82) is 0 Å². The molecule has 2 heterocycles. The van der Waals surface area contributed by atoms with Crippen LogP contribution in [0.1, 0.15) is 48.2 Å². The molecule has 0 aromatic carbocycles. The lowest BCUT2D eigenvalue weighted by molar-refractivity contribution is -0.137. The van der Waals surface area contributed by atoms with Gasteiger partial charge in [-0.1, -0.05) is 6.42 Å². The van der Waals surface area contributed by atoms with E-state index in [-0.39, 0.29) is 36.2 Å². The highest BCUT2D eigenvalue weighted by atomic mass is 35.5. The van der Waals surface area contributed by atoms with Crippen LogP contribution in [0.15, 0.2) is 16.7 Å². The third kappa shape index (κ3) is 4.36. The molecule has 25 heavy (non-hydrogen) atoms. The van der Waals surface area contributed by atoms with Crippen molar-refractivity contribution in [3.8, 4) is 0 Å². The number of amides is 2. The van der Waals surface area contributed by atoms with Gasteiger partial charge in [0.2, 0.25) is 5.91 Å². The van der Waals surface area contributed by atoms with Gasteiger partial charge >= 0.3 is 0 Å². The lowest BCUT2D eigenvalue weighted by atomic mass is 9.93. The second-order valence-corrected chi connectivity index (χ2v) is 7.00. The molecule has 140 valence electrons. The number of rotatable bonds is 4. The number of aryl methyl sites for hydroxylation is 1. The molecule has 6 nitrogen and oxygen atoms in total. The van der Waals surface area contributed by atoms with Crippen molar-refractivity contribution >= 4 is 24.2 Å². The quantitative estimate of drug-likeness (QED) is 0.850. The van der Waals surface area contributed by atoms with E-state index in [0.29, 0.717) is 36.9 Å². The average molecular weight is 370 g/mol. The minimum atomic E-state index is -0.0926. The SMILES string of the molecule is Cc1occc1C(=O)NC1CCN(C(=O)[C@@H]2CCC[C@@H]2CN)CC1.Cl. The van der Waals surface area contributed by atoms with Crippen LogP contribution in [0.25, 0.3) is 0 Å². The van der Waals surface area contributed by atoms with Gasteiger partial charge in [-0.05, 0) is 51.1 Å². The van der Waals surface area contributed by atoms with Crippen LogP contribution in [0.5, 0.6) is 0 Å². The molecule has 0 spiro atoms. The molecule has 1 aliphatic carbocycles. The smallest absolute Gasteiger partial charge is 0.255 e. The number of carbonyl (C=O) groups excluding carboxylic acids is 2. The largest absolute Gasteiger partial charge is 0.469 e. The topological polar surface area (TPSA) is 88.6 Å². The maximum atomic E-state index is 12.7. The van der Waals surface area contributed by atoms with Gasteiger partial charge in [0.05, 0.1) is 11.8 Å². The number of hydrogen-bond donors (Lipinski definition) is 2. The van der Waals surface area contributed by atoms with Crippen LogP contribution in [0, 0.1) is 18.8 Å². The Morgan fingerprint density at radius 2 is 2.00 bits per heavy atom. The molecule has 2 amide bonds. The molecule has 2 fully saturated rings. The van der Waals surface area contributed by atoms with Crippen molar-refractivity contribution < 1.29 is 14.0 Å². The van der Waals surface area contributed by atoms with Gasteiger partial charge < -0.3 is 20.4 Å². The second-order valence-electron chi connectivity index (χ2n) is 7.00. The van der Waals surface area contributed by atoms with Gasteiger partial charge in [0.1, 0.15) is 5.76 Å². The molecule has 1 aromatic heterocycles. The molecule has 3 N–H and O–H groups in total. The molecular weight excluding hydrogens is 342 g/mol. The van der Waals surface area contributed by atoms with Crippen LogP contribution < -0.4 is 11.1 Å². The fourth-order valence-corrected chi connectivity index (χ4v) is 4.01. The number of carbonyl (C=O) groups is 2. The van der Waals surface area contributed by atoms with Crippen LogP contribution in [0.2, 0.25) is 0 Å². The zero-order valence-electron chi connectivity index (χ0n) is 14.7. The molecule has 0 unspecified atom stereocenters. The van der Waals surface area contributed by atoms with E-state index in [1.165, 1.54) is 6.26 Å². The van der Waals surface area contributed by atoms with Crippen molar-refractivity contribution in [2.45, 2.75) is 45.1 Å². The third-order valence-electron chi connectivity index (χ3n) is 5.52. The molecule has 1 saturated carbocycles. The number of nitrogens with two attached hydrogens (primary N) is 1. The van der Waals surface area contributed by atoms with Gasteiger partial charge in [0.15, 0.2) is 0 Å². The Bertz CT molecular complexity index is 596. The van der Waals surface area contributed by atoms with Crippen molar-refractivity contribution in [1.82, 2.24) is 10.2 Å². The summed E-state index contributed by atoms with van der Waals surface area (Å²) < 4.78 is 5.18. The minimum absolute atomic E-state index is 0. The van der Waals surface area contributed by atoms with Crippen LogP contribution in [0.3, 0.4) is 0 Å². The van der Waals surface area contributed by atoms with Gasteiger partial charge in [-0.3, -0.25) is 9.59 Å². The highest BCUT2D eigenvalue weighted by molar-refractivity contribution is 5.95. The zero-order chi connectivity index (χ0) is 17.1. The van der Waals surface area contributed by atoms with Gasteiger partial charge in [0, 0.05) is 25.0 Å². The number of piperidine rings is 1. The predicted octanol–water partition coefficient (Wildman–Crippen LogP) is 2.11. The first kappa shape index (κ1) is 19.8. The predicted molar refractivity (Wildman–Crippen MR) is 97.6 cm³/mol. The Balaban J connectivity index is 0.00000225. The normalized spacial score (nSPS) is 24.0. The molecule has 0 bridgehead atoms. The van der Waals surface area contributed by atoms with Crippen LogP contribution in [-0.4, -0.2) is 42.4 Å². The molecule has 1 aliphatic heterocycles. The van der Waals surface area contributed by atoms with E-state index in [9.17, 15) is 9.59 Å². The minimum Gasteiger partial charge on any atom is -0.469 e. The first-order valence-corrected chi connectivity index (χ1v) is 8.94. The number of likely N-dealkylation sites (tertiary alicyclic amines) is 1. The van der Waals surface area contributed by atoms with E-state index < -0.39 is 0 Å². The number of nitrogens with one attached hydrogen (secondary N) is 1. The van der Waals surface area contributed by atoms with Gasteiger partial charge in [0.25, 0.3) is 5.91 Å². The molecular formula is C18H28ClN3O3. The Hall–Kier alpha value is -1.53. The van der Waals surface area contributed by atoms with E-state index in [4.69, 9.17) is 10.2 Å². The monoisotopic (exact) mass is 369 g/mol. The maximum absolute atomic E-state index is 12.7. The Labute approximate surface area is 154 Å². The molecule has 2 atom stereocenters. The Morgan fingerprint density at radius 1 is 1.28 bits per heavy atom. The Kier molecular flexibility index (Phi) is 6.90. The second kappa shape index (κ2) is 8.72. The molecule has 2 aliphatic rings. The number of hydrogen-bond acceptors (Lipinski definition) is 4. The van der Waals surface area contributed by atoms with Crippen molar-refractivity contribution in [2.24, 2.45) is 17.6 Å². The lowest BCUT2D eigenvalue weighted by Gasteiger charge is -2.35. The number of halogens is 1. The summed E-state index contributed by atoms with van der Waals surface area (Å²) in [5.41, 5.74) is 6.39. The Morgan fingerprint density at radius 3 is 2.60 bits per heavy atom. The van der Waals surface area contributed by atoms with Crippen LogP contribution >= 0.6 is 12.4 Å². The van der Waals surface area contributed by atoms with Gasteiger partial charge in [-0.15, -0.1) is 12.4 Å². The van der Waals surface area contributed by atoms with Crippen LogP contribution in [0.4, 0.5) is 0 Å². The van der Waals surface area contributed by atoms with Crippen molar-refractivity contribution in [3.05, 3.63) is 23.7 Å². The fraction of sp³-hybridized carbons (Fsp3) is 0.667. The number of nitrogens with zero attached hydrogens (tertiary/aromatic N) is 1. The average Bonchev–Trinajstić information content (AvgIpc) is 3.23. The fourth-order valence-electron chi connectivity index (χ4n) is 4.01. The summed E-state index contributed by atoms with van der Waals surface area (Å²) in [6.45, 7) is 3.81. The summed E-state index contributed by atoms with van der Waals surface area (Å²) >= 11 is 0. The maximum Gasteiger partial charge on any atom is 0.255 e. The van der Waals surface area contributed by atoms with Gasteiger partial charge in [-0.25, -0.2) is 0 Å². The standard InChI is InChI=1S/C18H27N3O3.ClH/c1-12-15(7-10-24-12)17(22)20-14-5-8-21(9-6-14)18(23)16-4-2-3-13(16)11-19;/h7,10,13-14,16H,2-6,8-9,11,19H2,1H3,(H,20,22);1H/t13-,16-;/m1./s1. The summed E-state index contributed by atoms with van der Waals surface area (Å²) in [4.78, 5) is 26.9. The van der Waals surface area contributed by atoms with E-state index in [1.54, 1.807) is 13.0 Å². The first-order valence-electron chi connectivity index (χ1n) is 8.94. The third-order valence-corrected chi connectivity index (χ3v) is 5.52. The molecule has 3 rings (SSSR count). The van der Waals surface area contributed by atoms with E-state index >= 15 is 0 Å². The highest BCUT2D eigenvalue weighted by Crippen LogP contribution is 2.33. The van der Waals surface area contributed by atoms with Crippen molar-refractivity contribution in [2.75, 3.05) is 19.6 Å². The zero-order valence-corrected chi connectivity index (χ0v) is 15.5. The molecule has 1 aromatic rings.